The minimum absolute atomic E-state index is 0.0106. The minimum Gasteiger partial charge on any atom is -0.319 e. The maximum atomic E-state index is 12.6. The van der Waals surface area contributed by atoms with Crippen LogP contribution in [0.15, 0.2) is 18.2 Å². The van der Waals surface area contributed by atoms with Crippen LogP contribution < -0.4 is 5.32 Å². The van der Waals surface area contributed by atoms with Gasteiger partial charge in [-0.1, -0.05) is 6.92 Å². The Kier molecular flexibility index (Phi) is 4.50. The molecule has 0 aliphatic rings. The van der Waals surface area contributed by atoms with Gasteiger partial charge in [-0.25, -0.2) is 0 Å². The summed E-state index contributed by atoms with van der Waals surface area (Å²) >= 11 is 0. The van der Waals surface area contributed by atoms with Crippen molar-refractivity contribution in [1.29, 1.82) is 0 Å². The third kappa shape index (κ3) is 4.12. The number of hydrogen-bond acceptors (Lipinski definition) is 1. The van der Waals surface area contributed by atoms with Crippen LogP contribution in [-0.2, 0) is 12.4 Å². The van der Waals surface area contributed by atoms with Gasteiger partial charge >= 0.3 is 12.4 Å². The van der Waals surface area contributed by atoms with E-state index in [1.165, 1.54) is 0 Å². The van der Waals surface area contributed by atoms with Crippen LogP contribution >= 0.6 is 0 Å². The Hall–Kier alpha value is -1.24. The van der Waals surface area contributed by atoms with Crippen molar-refractivity contribution in [2.45, 2.75) is 25.2 Å². The zero-order chi connectivity index (χ0) is 14.8. The van der Waals surface area contributed by atoms with Crippen molar-refractivity contribution in [2.24, 2.45) is 0 Å². The smallest absolute Gasteiger partial charge is 0.319 e. The van der Waals surface area contributed by atoms with Crippen molar-refractivity contribution in [3.63, 3.8) is 0 Å². The molecule has 0 heterocycles. The number of hydrogen-bond donors (Lipinski definition) is 1. The molecule has 1 atom stereocenters. The summed E-state index contributed by atoms with van der Waals surface area (Å²) in [6.45, 7) is 1.85. The van der Waals surface area contributed by atoms with Crippen molar-refractivity contribution in [1.82, 2.24) is 5.32 Å². The fourth-order valence-corrected chi connectivity index (χ4v) is 1.69. The summed E-state index contributed by atoms with van der Waals surface area (Å²) in [4.78, 5) is 0. The number of likely N-dealkylation sites (N-methyl/N-ethyl adjacent to an activating group) is 1. The Balaban J connectivity index is 3.33. The van der Waals surface area contributed by atoms with Crippen molar-refractivity contribution in [3.8, 4) is 0 Å². The first-order chi connectivity index (χ1) is 8.55. The van der Waals surface area contributed by atoms with Crippen molar-refractivity contribution in [3.05, 3.63) is 34.9 Å². The molecule has 0 aliphatic carbocycles. The fraction of sp³-hybridized carbons (Fsp3) is 0.500. The number of halogens is 6. The molecule has 0 saturated carbocycles. The van der Waals surface area contributed by atoms with Crippen LogP contribution in [0.2, 0.25) is 0 Å². The second kappa shape index (κ2) is 5.40. The first kappa shape index (κ1) is 15.8. The molecule has 0 amide bonds. The van der Waals surface area contributed by atoms with Gasteiger partial charge in [-0.2, -0.15) is 26.3 Å². The third-order valence-corrected chi connectivity index (χ3v) is 2.69. The van der Waals surface area contributed by atoms with Crippen LogP contribution in [0.4, 0.5) is 26.3 Å². The molecule has 1 nitrogen and oxygen atoms in total. The van der Waals surface area contributed by atoms with E-state index in [-0.39, 0.29) is 11.6 Å². The molecule has 0 radical (unpaired) electrons. The van der Waals surface area contributed by atoms with Crippen LogP contribution in [0.3, 0.4) is 0 Å². The molecule has 7 heteroatoms. The summed E-state index contributed by atoms with van der Waals surface area (Å²) in [6, 6.07) is 1.66. The summed E-state index contributed by atoms with van der Waals surface area (Å²) in [5.74, 6) is -0.451. The quantitative estimate of drug-likeness (QED) is 0.826. The molecular weight excluding hydrogens is 272 g/mol. The molecule has 0 fully saturated rings. The van der Waals surface area contributed by atoms with Gasteiger partial charge in [-0.05, 0) is 36.7 Å². The molecular formula is C12H13F6N. The Morgan fingerprint density at radius 1 is 0.947 bits per heavy atom. The lowest BCUT2D eigenvalue weighted by atomic mass is 9.96. The number of benzene rings is 1. The Labute approximate surface area is 106 Å². The van der Waals surface area contributed by atoms with Crippen molar-refractivity contribution >= 4 is 0 Å². The molecule has 0 spiro atoms. The lowest BCUT2D eigenvalue weighted by Gasteiger charge is -2.17. The van der Waals surface area contributed by atoms with Crippen LogP contribution in [0.1, 0.15) is 29.5 Å². The summed E-state index contributed by atoms with van der Waals surface area (Å²) < 4.78 is 75.6. The monoisotopic (exact) mass is 285 g/mol. The molecule has 0 bridgehead atoms. The van der Waals surface area contributed by atoms with Gasteiger partial charge in [0.15, 0.2) is 0 Å². The minimum atomic E-state index is -4.80. The van der Waals surface area contributed by atoms with Crippen molar-refractivity contribution in [2.75, 3.05) is 13.6 Å². The van der Waals surface area contributed by atoms with Crippen LogP contribution in [-0.4, -0.2) is 13.6 Å². The van der Waals surface area contributed by atoms with E-state index in [2.05, 4.69) is 5.32 Å². The molecule has 1 aromatic carbocycles. The summed E-state index contributed by atoms with van der Waals surface area (Å²) in [5.41, 5.74) is -2.54. The van der Waals surface area contributed by atoms with E-state index >= 15 is 0 Å². The van der Waals surface area contributed by atoms with Gasteiger partial charge in [0.05, 0.1) is 11.1 Å². The van der Waals surface area contributed by atoms with Crippen molar-refractivity contribution < 1.29 is 26.3 Å². The van der Waals surface area contributed by atoms with Gasteiger partial charge in [0, 0.05) is 6.54 Å². The summed E-state index contributed by atoms with van der Waals surface area (Å²) in [5, 5.41) is 2.72. The normalized spacial score (nSPS) is 14.5. The third-order valence-electron chi connectivity index (χ3n) is 2.69. The molecule has 1 N–H and O–H groups in total. The van der Waals surface area contributed by atoms with E-state index in [1.54, 1.807) is 14.0 Å². The molecule has 108 valence electrons. The highest BCUT2D eigenvalue weighted by Gasteiger charge is 2.37. The first-order valence-electron chi connectivity index (χ1n) is 5.49. The van der Waals surface area contributed by atoms with Gasteiger partial charge < -0.3 is 5.32 Å². The van der Waals surface area contributed by atoms with Crippen LogP contribution in [0, 0.1) is 0 Å². The highest BCUT2D eigenvalue weighted by atomic mass is 19.4. The predicted molar refractivity (Wildman–Crippen MR) is 58.8 cm³/mol. The van der Waals surface area contributed by atoms with E-state index in [0.29, 0.717) is 6.54 Å². The maximum absolute atomic E-state index is 12.6. The van der Waals surface area contributed by atoms with Gasteiger partial charge in [0.2, 0.25) is 0 Å². The Bertz CT molecular complexity index is 403. The summed E-state index contributed by atoms with van der Waals surface area (Å²) in [6.07, 6.45) is -9.59. The Morgan fingerprint density at radius 3 is 1.68 bits per heavy atom. The molecule has 1 unspecified atom stereocenters. The zero-order valence-corrected chi connectivity index (χ0v) is 10.3. The maximum Gasteiger partial charge on any atom is 0.416 e. The number of alkyl halides is 6. The second-order valence-corrected chi connectivity index (χ2v) is 4.30. The lowest BCUT2D eigenvalue weighted by Crippen LogP contribution is -2.17. The second-order valence-electron chi connectivity index (χ2n) is 4.30. The highest BCUT2D eigenvalue weighted by Crippen LogP contribution is 2.37. The van der Waals surface area contributed by atoms with Gasteiger partial charge in [-0.3, -0.25) is 0 Å². The number of nitrogens with one attached hydrogen (secondary N) is 1. The largest absolute Gasteiger partial charge is 0.416 e. The standard InChI is InChI=1S/C12H13F6N/c1-7(6-19-2)8-3-9(11(13,14)15)5-10(4-8)12(16,17)18/h3-5,7,19H,6H2,1-2H3. The number of rotatable bonds is 3. The predicted octanol–water partition coefficient (Wildman–Crippen LogP) is 4.05. The Morgan fingerprint density at radius 2 is 1.37 bits per heavy atom. The van der Waals surface area contributed by atoms with E-state index in [0.717, 1.165) is 12.1 Å². The topological polar surface area (TPSA) is 12.0 Å². The van der Waals surface area contributed by atoms with Gasteiger partial charge in [-0.15, -0.1) is 0 Å². The van der Waals surface area contributed by atoms with E-state index < -0.39 is 29.4 Å². The molecule has 1 aromatic rings. The SMILES string of the molecule is CNCC(C)c1cc(C(F)(F)F)cc(C(F)(F)F)c1. The van der Waals surface area contributed by atoms with Gasteiger partial charge in [0.25, 0.3) is 0 Å². The van der Waals surface area contributed by atoms with E-state index in [9.17, 15) is 26.3 Å². The average molecular weight is 285 g/mol. The average Bonchev–Trinajstić information content (AvgIpc) is 2.26. The van der Waals surface area contributed by atoms with Gasteiger partial charge in [0.1, 0.15) is 0 Å². The van der Waals surface area contributed by atoms with Crippen LogP contribution in [0.25, 0.3) is 0 Å². The molecule has 1 rings (SSSR count). The first-order valence-corrected chi connectivity index (χ1v) is 5.49. The van der Waals surface area contributed by atoms with E-state index in [4.69, 9.17) is 0 Å². The fourth-order valence-electron chi connectivity index (χ4n) is 1.69. The molecule has 0 aliphatic heterocycles. The van der Waals surface area contributed by atoms with E-state index in [1.807, 2.05) is 0 Å². The zero-order valence-electron chi connectivity index (χ0n) is 10.3. The molecule has 19 heavy (non-hydrogen) atoms. The lowest BCUT2D eigenvalue weighted by molar-refractivity contribution is -0.143. The molecule has 0 aromatic heterocycles. The van der Waals surface area contributed by atoms with Crippen LogP contribution in [0.5, 0.6) is 0 Å². The highest BCUT2D eigenvalue weighted by molar-refractivity contribution is 5.35. The summed E-state index contributed by atoms with van der Waals surface area (Å²) in [7, 11) is 1.58. The molecule has 0 saturated heterocycles.